The van der Waals surface area contributed by atoms with Crippen molar-refractivity contribution in [3.05, 3.63) is 29.8 Å². The Kier molecular flexibility index (Phi) is 5.34. The Bertz CT molecular complexity index is 447. The van der Waals surface area contributed by atoms with E-state index in [2.05, 4.69) is 9.47 Å². The molecule has 2 unspecified atom stereocenters. The number of carbonyl (C=O) groups is 1. The van der Waals surface area contributed by atoms with Crippen molar-refractivity contribution in [2.75, 3.05) is 6.61 Å². The average Bonchev–Trinajstić information content (AvgIpc) is 2.36. The van der Waals surface area contributed by atoms with Gasteiger partial charge in [0.05, 0.1) is 6.61 Å². The fourth-order valence-corrected chi connectivity index (χ4v) is 1.44. The van der Waals surface area contributed by atoms with Gasteiger partial charge in [-0.15, -0.1) is 13.2 Å². The number of benzene rings is 1. The minimum atomic E-state index is -4.79. The van der Waals surface area contributed by atoms with Crippen LogP contribution in [0.2, 0.25) is 0 Å². The summed E-state index contributed by atoms with van der Waals surface area (Å²) in [6, 6.07) is 3.09. The number of ether oxygens (including phenoxy) is 2. The van der Waals surface area contributed by atoms with Crippen molar-refractivity contribution < 1.29 is 32.5 Å². The topological polar surface area (TPSA) is 81.8 Å². The second kappa shape index (κ2) is 6.58. The molecule has 0 aliphatic rings. The first-order chi connectivity index (χ1) is 9.24. The van der Waals surface area contributed by atoms with Gasteiger partial charge in [0.2, 0.25) is 0 Å². The third kappa shape index (κ3) is 4.71. The number of nitrogens with two attached hydrogens (primary N) is 1. The van der Waals surface area contributed by atoms with Crippen LogP contribution in [-0.4, -0.2) is 30.1 Å². The van der Waals surface area contributed by atoms with Gasteiger partial charge in [0.25, 0.3) is 0 Å². The largest absolute Gasteiger partial charge is 0.573 e. The standard InChI is InChI=1S/C12H14F3NO4/c1-2-19-11(18)9(16)10(17)7-3-5-8(6-4-7)20-12(13,14)15/h3-6,9-10,17H,2,16H2,1H3. The zero-order valence-electron chi connectivity index (χ0n) is 10.6. The van der Waals surface area contributed by atoms with Gasteiger partial charge >= 0.3 is 12.3 Å². The van der Waals surface area contributed by atoms with Crippen molar-refractivity contribution in [2.45, 2.75) is 25.4 Å². The number of rotatable bonds is 5. The molecule has 112 valence electrons. The van der Waals surface area contributed by atoms with Crippen LogP contribution in [0.25, 0.3) is 0 Å². The molecule has 1 aromatic carbocycles. The zero-order chi connectivity index (χ0) is 15.3. The number of halogens is 3. The van der Waals surface area contributed by atoms with E-state index in [-0.39, 0.29) is 12.2 Å². The highest BCUT2D eigenvalue weighted by Gasteiger charge is 2.31. The molecule has 0 aliphatic carbocycles. The first-order valence-electron chi connectivity index (χ1n) is 5.70. The van der Waals surface area contributed by atoms with Crippen LogP contribution < -0.4 is 10.5 Å². The van der Waals surface area contributed by atoms with E-state index >= 15 is 0 Å². The Hall–Kier alpha value is -1.80. The van der Waals surface area contributed by atoms with Crippen molar-refractivity contribution in [1.82, 2.24) is 0 Å². The maximum atomic E-state index is 12.0. The third-order valence-electron chi connectivity index (χ3n) is 2.35. The van der Waals surface area contributed by atoms with Gasteiger partial charge in [-0.1, -0.05) is 12.1 Å². The summed E-state index contributed by atoms with van der Waals surface area (Å²) in [4.78, 5) is 11.3. The van der Waals surface area contributed by atoms with Crippen molar-refractivity contribution in [3.8, 4) is 5.75 Å². The Labute approximate surface area is 113 Å². The van der Waals surface area contributed by atoms with Gasteiger partial charge in [-0.25, -0.2) is 0 Å². The van der Waals surface area contributed by atoms with Crippen molar-refractivity contribution in [2.24, 2.45) is 5.73 Å². The number of alkyl halides is 3. The van der Waals surface area contributed by atoms with Crippen LogP contribution in [0, 0.1) is 0 Å². The average molecular weight is 293 g/mol. The van der Waals surface area contributed by atoms with Crippen molar-refractivity contribution >= 4 is 5.97 Å². The van der Waals surface area contributed by atoms with E-state index in [9.17, 15) is 23.1 Å². The molecule has 0 saturated carbocycles. The van der Waals surface area contributed by atoms with Crippen molar-refractivity contribution in [3.63, 3.8) is 0 Å². The van der Waals surface area contributed by atoms with E-state index in [0.717, 1.165) is 12.1 Å². The van der Waals surface area contributed by atoms with Gasteiger partial charge in [0, 0.05) is 0 Å². The molecule has 1 rings (SSSR count). The summed E-state index contributed by atoms with van der Waals surface area (Å²) in [6.45, 7) is 1.69. The number of esters is 1. The van der Waals surface area contributed by atoms with Crippen LogP contribution in [0.3, 0.4) is 0 Å². The second-order valence-electron chi connectivity index (χ2n) is 3.84. The maximum absolute atomic E-state index is 12.0. The summed E-state index contributed by atoms with van der Waals surface area (Å²) in [7, 11) is 0. The Morgan fingerprint density at radius 1 is 1.35 bits per heavy atom. The zero-order valence-corrected chi connectivity index (χ0v) is 10.6. The van der Waals surface area contributed by atoms with Crippen LogP contribution in [0.5, 0.6) is 5.75 Å². The van der Waals surface area contributed by atoms with Crippen molar-refractivity contribution in [1.29, 1.82) is 0 Å². The lowest BCUT2D eigenvalue weighted by atomic mass is 10.0. The number of hydrogen-bond acceptors (Lipinski definition) is 5. The second-order valence-corrected chi connectivity index (χ2v) is 3.84. The summed E-state index contributed by atoms with van der Waals surface area (Å²) in [5.41, 5.74) is 5.66. The molecule has 0 aliphatic heterocycles. The molecule has 0 radical (unpaired) electrons. The van der Waals surface area contributed by atoms with Crippen LogP contribution in [-0.2, 0) is 9.53 Å². The molecule has 0 spiro atoms. The van der Waals surface area contributed by atoms with E-state index in [1.165, 1.54) is 12.1 Å². The SMILES string of the molecule is CCOC(=O)C(N)C(O)c1ccc(OC(F)(F)F)cc1. The lowest BCUT2D eigenvalue weighted by molar-refractivity contribution is -0.274. The molecule has 20 heavy (non-hydrogen) atoms. The minimum absolute atomic E-state index is 0.109. The van der Waals surface area contributed by atoms with E-state index in [1.54, 1.807) is 6.92 Å². The molecule has 1 aromatic rings. The highest BCUT2D eigenvalue weighted by atomic mass is 19.4. The van der Waals surface area contributed by atoms with Gasteiger partial charge in [-0.05, 0) is 24.6 Å². The molecular formula is C12H14F3NO4. The number of carbonyl (C=O) groups excluding carboxylic acids is 1. The molecule has 5 nitrogen and oxygen atoms in total. The summed E-state index contributed by atoms with van der Waals surface area (Å²) < 4.78 is 44.2. The molecular weight excluding hydrogens is 279 g/mol. The lowest BCUT2D eigenvalue weighted by Gasteiger charge is -2.18. The molecule has 0 saturated heterocycles. The van der Waals surface area contributed by atoms with Crippen LogP contribution in [0.15, 0.2) is 24.3 Å². The van der Waals surface area contributed by atoms with E-state index < -0.39 is 30.2 Å². The van der Waals surface area contributed by atoms with Crippen LogP contribution in [0.4, 0.5) is 13.2 Å². The van der Waals surface area contributed by atoms with Gasteiger partial charge in [0.15, 0.2) is 0 Å². The fourth-order valence-electron chi connectivity index (χ4n) is 1.44. The first kappa shape index (κ1) is 16.3. The Morgan fingerprint density at radius 3 is 2.35 bits per heavy atom. The normalized spacial score (nSPS) is 14.5. The van der Waals surface area contributed by atoms with Gasteiger partial charge < -0.3 is 20.3 Å². The molecule has 8 heteroatoms. The van der Waals surface area contributed by atoms with E-state index in [0.29, 0.717) is 0 Å². The summed E-state index contributed by atoms with van der Waals surface area (Å²) in [5.74, 6) is -1.23. The molecule has 2 atom stereocenters. The Balaban J connectivity index is 2.75. The number of hydrogen-bond donors (Lipinski definition) is 2. The molecule has 0 fully saturated rings. The summed E-state index contributed by atoms with van der Waals surface area (Å²) >= 11 is 0. The first-order valence-corrected chi connectivity index (χ1v) is 5.70. The smallest absolute Gasteiger partial charge is 0.465 e. The van der Waals surface area contributed by atoms with E-state index in [4.69, 9.17) is 5.73 Å². The number of aliphatic hydroxyl groups is 1. The van der Waals surface area contributed by atoms with E-state index in [1.807, 2.05) is 0 Å². The molecule has 0 amide bonds. The highest BCUT2D eigenvalue weighted by molar-refractivity contribution is 5.76. The summed E-state index contributed by atoms with van der Waals surface area (Å²) in [6.07, 6.45) is -6.17. The predicted molar refractivity (Wildman–Crippen MR) is 62.7 cm³/mol. The predicted octanol–water partition coefficient (Wildman–Crippen LogP) is 1.51. The quantitative estimate of drug-likeness (QED) is 0.804. The van der Waals surface area contributed by atoms with Crippen LogP contribution >= 0.6 is 0 Å². The fraction of sp³-hybridized carbons (Fsp3) is 0.417. The molecule has 3 N–H and O–H groups in total. The van der Waals surface area contributed by atoms with Gasteiger partial charge in [-0.2, -0.15) is 0 Å². The highest BCUT2D eigenvalue weighted by Crippen LogP contribution is 2.25. The molecule has 0 bridgehead atoms. The minimum Gasteiger partial charge on any atom is -0.465 e. The molecule has 0 aromatic heterocycles. The summed E-state index contributed by atoms with van der Waals surface area (Å²) in [5, 5.41) is 9.82. The van der Waals surface area contributed by atoms with Crippen LogP contribution in [0.1, 0.15) is 18.6 Å². The maximum Gasteiger partial charge on any atom is 0.573 e. The van der Waals surface area contributed by atoms with Gasteiger partial charge in [-0.3, -0.25) is 4.79 Å². The lowest BCUT2D eigenvalue weighted by Crippen LogP contribution is -2.38. The monoisotopic (exact) mass is 293 g/mol. The molecule has 0 heterocycles. The third-order valence-corrected chi connectivity index (χ3v) is 2.35. The Morgan fingerprint density at radius 2 is 1.90 bits per heavy atom. The van der Waals surface area contributed by atoms with Gasteiger partial charge in [0.1, 0.15) is 17.9 Å². The number of aliphatic hydroxyl groups excluding tert-OH is 1.